The van der Waals surface area contributed by atoms with Crippen molar-refractivity contribution in [3.63, 3.8) is 0 Å². The zero-order valence-corrected chi connectivity index (χ0v) is 8.42. The molecule has 0 radical (unpaired) electrons. The highest BCUT2D eigenvalue weighted by molar-refractivity contribution is 4.84. The zero-order valence-electron chi connectivity index (χ0n) is 8.42. The largest absolute Gasteiger partial charge is 0.303 e. The van der Waals surface area contributed by atoms with Gasteiger partial charge in [-0.15, -0.1) is 6.58 Å². The third-order valence-corrected chi connectivity index (χ3v) is 1.90. The Bertz CT molecular complexity index is 127. The Balaban J connectivity index is 3.19. The Kier molecular flexibility index (Phi) is 8.14. The molecule has 0 unspecified atom stereocenters. The fourth-order valence-corrected chi connectivity index (χ4v) is 0.881. The maximum atomic E-state index is 3.69. The van der Waals surface area contributed by atoms with Crippen LogP contribution >= 0.6 is 0 Å². The lowest BCUT2D eigenvalue weighted by Crippen LogP contribution is -2.16. The van der Waals surface area contributed by atoms with Crippen molar-refractivity contribution in [2.75, 3.05) is 20.1 Å². The number of allylic oxidation sites excluding steroid dienone is 2. The molecule has 1 heteroatoms. The van der Waals surface area contributed by atoms with Crippen molar-refractivity contribution in [1.29, 1.82) is 0 Å². The summed E-state index contributed by atoms with van der Waals surface area (Å²) in [4.78, 5) is 2.28. The zero-order chi connectivity index (χ0) is 9.23. The molecule has 12 heavy (non-hydrogen) atoms. The predicted octanol–water partition coefficient (Wildman–Crippen LogP) is 2.85. The molecule has 0 heterocycles. The topological polar surface area (TPSA) is 3.24 Å². The van der Waals surface area contributed by atoms with Crippen molar-refractivity contribution in [1.82, 2.24) is 4.90 Å². The molecule has 0 amide bonds. The van der Waals surface area contributed by atoms with Crippen LogP contribution in [0.5, 0.6) is 0 Å². The van der Waals surface area contributed by atoms with Crippen LogP contribution in [0.15, 0.2) is 24.8 Å². The van der Waals surface area contributed by atoms with Crippen LogP contribution in [-0.4, -0.2) is 25.0 Å². The van der Waals surface area contributed by atoms with Gasteiger partial charge in [0.2, 0.25) is 0 Å². The van der Waals surface area contributed by atoms with Crippen molar-refractivity contribution in [2.45, 2.75) is 26.2 Å². The van der Waals surface area contributed by atoms with E-state index in [1.165, 1.54) is 12.8 Å². The second-order valence-corrected chi connectivity index (χ2v) is 3.05. The summed E-state index contributed by atoms with van der Waals surface area (Å²) in [6.07, 6.45) is 10.0. The Hall–Kier alpha value is -0.560. The van der Waals surface area contributed by atoms with Gasteiger partial charge in [0.15, 0.2) is 0 Å². The number of likely N-dealkylation sites (N-methyl/N-ethyl adjacent to an activating group) is 1. The van der Waals surface area contributed by atoms with E-state index in [-0.39, 0.29) is 0 Å². The molecule has 0 spiro atoms. The van der Waals surface area contributed by atoms with E-state index in [0.29, 0.717) is 0 Å². The van der Waals surface area contributed by atoms with E-state index in [2.05, 4.69) is 37.6 Å². The summed E-state index contributed by atoms with van der Waals surface area (Å²) in [6, 6.07) is 0. The van der Waals surface area contributed by atoms with E-state index in [1.54, 1.807) is 0 Å². The van der Waals surface area contributed by atoms with Crippen LogP contribution in [0.2, 0.25) is 0 Å². The van der Waals surface area contributed by atoms with Crippen LogP contribution in [0.3, 0.4) is 0 Å². The third kappa shape index (κ3) is 7.55. The molecule has 0 fully saturated rings. The molecule has 0 aromatic heterocycles. The number of rotatable bonds is 7. The Morgan fingerprint density at radius 1 is 1.25 bits per heavy atom. The van der Waals surface area contributed by atoms with E-state index in [0.717, 1.165) is 19.5 Å². The highest BCUT2D eigenvalue weighted by Crippen LogP contribution is 1.96. The number of hydrogen-bond acceptors (Lipinski definition) is 1. The van der Waals surface area contributed by atoms with Crippen LogP contribution < -0.4 is 0 Å². The molecule has 0 bridgehead atoms. The quantitative estimate of drug-likeness (QED) is 0.416. The SMILES string of the molecule is C=CCCCC=CCN(C)CC. The second-order valence-electron chi connectivity index (χ2n) is 3.05. The average Bonchev–Trinajstić information content (AvgIpc) is 2.10. The van der Waals surface area contributed by atoms with Crippen molar-refractivity contribution >= 4 is 0 Å². The Morgan fingerprint density at radius 2 is 2.00 bits per heavy atom. The fourth-order valence-electron chi connectivity index (χ4n) is 0.881. The van der Waals surface area contributed by atoms with Gasteiger partial charge in [-0.2, -0.15) is 0 Å². The normalized spacial score (nSPS) is 11.2. The van der Waals surface area contributed by atoms with Crippen molar-refractivity contribution < 1.29 is 0 Å². The molecular formula is C11H21N. The average molecular weight is 167 g/mol. The minimum absolute atomic E-state index is 1.07. The van der Waals surface area contributed by atoms with Gasteiger partial charge in [0, 0.05) is 6.54 Å². The Morgan fingerprint density at radius 3 is 2.58 bits per heavy atom. The molecule has 0 saturated heterocycles. The molecular weight excluding hydrogens is 146 g/mol. The van der Waals surface area contributed by atoms with E-state index < -0.39 is 0 Å². The van der Waals surface area contributed by atoms with Crippen molar-refractivity contribution in [3.8, 4) is 0 Å². The van der Waals surface area contributed by atoms with Gasteiger partial charge in [0.05, 0.1) is 0 Å². The van der Waals surface area contributed by atoms with Gasteiger partial charge in [-0.05, 0) is 32.9 Å². The van der Waals surface area contributed by atoms with Crippen LogP contribution in [-0.2, 0) is 0 Å². The van der Waals surface area contributed by atoms with E-state index in [4.69, 9.17) is 0 Å². The molecule has 0 aliphatic heterocycles. The van der Waals surface area contributed by atoms with Gasteiger partial charge >= 0.3 is 0 Å². The molecule has 0 atom stereocenters. The molecule has 0 rings (SSSR count). The van der Waals surface area contributed by atoms with Crippen molar-refractivity contribution in [2.24, 2.45) is 0 Å². The molecule has 0 aliphatic rings. The van der Waals surface area contributed by atoms with Gasteiger partial charge in [0.25, 0.3) is 0 Å². The highest BCUT2D eigenvalue weighted by Gasteiger charge is 1.87. The summed E-state index contributed by atoms with van der Waals surface area (Å²) in [7, 11) is 2.13. The summed E-state index contributed by atoms with van der Waals surface area (Å²) in [5.41, 5.74) is 0. The number of unbranched alkanes of at least 4 members (excludes halogenated alkanes) is 2. The molecule has 1 nitrogen and oxygen atoms in total. The predicted molar refractivity (Wildman–Crippen MR) is 56.4 cm³/mol. The Labute approximate surface area is 76.8 Å². The maximum absolute atomic E-state index is 3.69. The van der Waals surface area contributed by atoms with E-state index >= 15 is 0 Å². The summed E-state index contributed by atoms with van der Waals surface area (Å²) >= 11 is 0. The van der Waals surface area contributed by atoms with Gasteiger partial charge in [-0.3, -0.25) is 0 Å². The number of hydrogen-bond donors (Lipinski definition) is 0. The number of nitrogens with zero attached hydrogens (tertiary/aromatic N) is 1. The maximum Gasteiger partial charge on any atom is 0.0160 e. The lowest BCUT2D eigenvalue weighted by Gasteiger charge is -2.09. The van der Waals surface area contributed by atoms with Crippen LogP contribution in [0.4, 0.5) is 0 Å². The lowest BCUT2D eigenvalue weighted by atomic mass is 10.2. The fraction of sp³-hybridized carbons (Fsp3) is 0.636. The first kappa shape index (κ1) is 11.4. The minimum Gasteiger partial charge on any atom is -0.303 e. The van der Waals surface area contributed by atoms with E-state index in [1.807, 2.05) is 6.08 Å². The standard InChI is InChI=1S/C11H21N/c1-4-6-7-8-9-10-11-12(3)5-2/h4,9-10H,1,5-8,11H2,2-3H3. The summed E-state index contributed by atoms with van der Waals surface area (Å²) < 4.78 is 0. The lowest BCUT2D eigenvalue weighted by molar-refractivity contribution is 0.392. The highest BCUT2D eigenvalue weighted by atomic mass is 15.1. The monoisotopic (exact) mass is 167 g/mol. The van der Waals surface area contributed by atoms with Crippen molar-refractivity contribution in [3.05, 3.63) is 24.8 Å². The summed E-state index contributed by atoms with van der Waals surface area (Å²) in [6.45, 7) is 8.06. The molecule has 0 aliphatic carbocycles. The molecule has 0 N–H and O–H groups in total. The molecule has 0 aromatic carbocycles. The van der Waals surface area contributed by atoms with Crippen LogP contribution in [0, 0.1) is 0 Å². The van der Waals surface area contributed by atoms with Crippen LogP contribution in [0.25, 0.3) is 0 Å². The first-order valence-corrected chi connectivity index (χ1v) is 4.75. The third-order valence-electron chi connectivity index (χ3n) is 1.90. The first-order chi connectivity index (χ1) is 5.81. The summed E-state index contributed by atoms with van der Waals surface area (Å²) in [5.74, 6) is 0. The van der Waals surface area contributed by atoms with Gasteiger partial charge < -0.3 is 4.90 Å². The van der Waals surface area contributed by atoms with Gasteiger partial charge in [-0.25, -0.2) is 0 Å². The van der Waals surface area contributed by atoms with Gasteiger partial charge in [-0.1, -0.05) is 25.2 Å². The first-order valence-electron chi connectivity index (χ1n) is 4.75. The van der Waals surface area contributed by atoms with Gasteiger partial charge in [0.1, 0.15) is 0 Å². The molecule has 0 saturated carbocycles. The van der Waals surface area contributed by atoms with E-state index in [9.17, 15) is 0 Å². The molecule has 70 valence electrons. The molecule has 0 aromatic rings. The smallest absolute Gasteiger partial charge is 0.0160 e. The second kappa shape index (κ2) is 8.54. The minimum atomic E-state index is 1.07. The summed E-state index contributed by atoms with van der Waals surface area (Å²) in [5, 5.41) is 0. The van der Waals surface area contributed by atoms with Crippen LogP contribution in [0.1, 0.15) is 26.2 Å².